The first-order chi connectivity index (χ1) is 20.0. The Morgan fingerprint density at radius 2 is 1.29 bits per heavy atom. The van der Waals surface area contributed by atoms with Gasteiger partial charge in [-0.2, -0.15) is 5.11 Å². The minimum Gasteiger partial charge on any atom is -0.505 e. The van der Waals surface area contributed by atoms with Gasteiger partial charge in [-0.3, -0.25) is 9.59 Å². The second-order valence-electron chi connectivity index (χ2n) is 8.90. The zero-order valence-electron chi connectivity index (χ0n) is 22.3. The fourth-order valence-corrected chi connectivity index (χ4v) is 4.29. The number of para-hydroxylation sites is 4. The zero-order chi connectivity index (χ0) is 28.8. The van der Waals surface area contributed by atoms with Crippen molar-refractivity contribution >= 4 is 45.3 Å². The van der Waals surface area contributed by atoms with Crippen molar-refractivity contribution in [2.45, 2.75) is 0 Å². The SMILES string of the molecule is COc1ccccc1NC(=O)c1cccc(N=Nc2c(O)c(C(=O)Nc3ccccc3OC)cc3ccccc23)c1. The van der Waals surface area contributed by atoms with E-state index in [4.69, 9.17) is 9.47 Å². The third-order valence-corrected chi connectivity index (χ3v) is 6.32. The van der Waals surface area contributed by atoms with E-state index in [1.807, 2.05) is 18.2 Å². The molecule has 9 nitrogen and oxygen atoms in total. The average Bonchev–Trinajstić information content (AvgIpc) is 3.01. The molecule has 41 heavy (non-hydrogen) atoms. The maximum absolute atomic E-state index is 13.2. The fourth-order valence-electron chi connectivity index (χ4n) is 4.29. The van der Waals surface area contributed by atoms with Crippen LogP contribution in [-0.4, -0.2) is 31.1 Å². The summed E-state index contributed by atoms with van der Waals surface area (Å²) in [7, 11) is 3.04. The van der Waals surface area contributed by atoms with Gasteiger partial charge in [-0.1, -0.05) is 54.6 Å². The molecule has 0 aromatic heterocycles. The maximum Gasteiger partial charge on any atom is 0.259 e. The van der Waals surface area contributed by atoms with Gasteiger partial charge in [0, 0.05) is 10.9 Å². The van der Waals surface area contributed by atoms with Crippen LogP contribution >= 0.6 is 0 Å². The van der Waals surface area contributed by atoms with Crippen LogP contribution in [-0.2, 0) is 0 Å². The van der Waals surface area contributed by atoms with Crippen LogP contribution < -0.4 is 20.1 Å². The minimum atomic E-state index is -0.538. The Morgan fingerprint density at radius 3 is 1.98 bits per heavy atom. The molecule has 5 rings (SSSR count). The average molecular weight is 547 g/mol. The molecule has 5 aromatic carbocycles. The highest BCUT2D eigenvalue weighted by atomic mass is 16.5. The van der Waals surface area contributed by atoms with Crippen molar-refractivity contribution in [3.8, 4) is 17.2 Å². The summed E-state index contributed by atoms with van der Waals surface area (Å²) in [5, 5.41) is 26.7. The maximum atomic E-state index is 13.2. The Kier molecular flexibility index (Phi) is 7.87. The second-order valence-corrected chi connectivity index (χ2v) is 8.90. The van der Waals surface area contributed by atoms with Crippen molar-refractivity contribution in [2.75, 3.05) is 24.9 Å². The Balaban J connectivity index is 1.46. The predicted molar refractivity (Wildman–Crippen MR) is 158 cm³/mol. The van der Waals surface area contributed by atoms with Crippen molar-refractivity contribution in [1.29, 1.82) is 0 Å². The standard InChI is InChI=1S/C32H26N4O5/c1-40-27-16-7-5-14-25(27)33-31(38)21-11-9-12-22(18-21)35-36-29-23-13-4-3-10-20(23)19-24(30(29)37)32(39)34-26-15-6-8-17-28(26)41-2/h3-19,37H,1-2H3,(H,33,38)(H,34,39). The highest BCUT2D eigenvalue weighted by molar-refractivity contribution is 6.12. The van der Waals surface area contributed by atoms with Crippen LogP contribution in [0.1, 0.15) is 20.7 Å². The van der Waals surface area contributed by atoms with E-state index >= 15 is 0 Å². The Hall–Kier alpha value is -5.70. The molecule has 9 heteroatoms. The Morgan fingerprint density at radius 1 is 0.683 bits per heavy atom. The van der Waals surface area contributed by atoms with Crippen LogP contribution in [0.2, 0.25) is 0 Å². The van der Waals surface area contributed by atoms with Crippen LogP contribution in [0.25, 0.3) is 10.8 Å². The molecule has 0 saturated heterocycles. The summed E-state index contributed by atoms with van der Waals surface area (Å²) in [6, 6.07) is 29.5. The van der Waals surface area contributed by atoms with Gasteiger partial charge in [-0.15, -0.1) is 5.11 Å². The normalized spacial score (nSPS) is 10.9. The first kappa shape index (κ1) is 26.9. The van der Waals surface area contributed by atoms with Crippen LogP contribution in [0.5, 0.6) is 17.2 Å². The van der Waals surface area contributed by atoms with E-state index in [1.165, 1.54) is 14.2 Å². The summed E-state index contributed by atoms with van der Waals surface area (Å²) >= 11 is 0. The summed E-state index contributed by atoms with van der Waals surface area (Å²) < 4.78 is 10.6. The lowest BCUT2D eigenvalue weighted by Gasteiger charge is -2.13. The molecule has 5 aromatic rings. The number of benzene rings is 5. The molecule has 0 unspecified atom stereocenters. The number of azo groups is 1. The molecule has 0 spiro atoms. The molecule has 0 bridgehead atoms. The van der Waals surface area contributed by atoms with E-state index in [1.54, 1.807) is 84.9 Å². The molecule has 204 valence electrons. The van der Waals surface area contributed by atoms with E-state index < -0.39 is 5.91 Å². The first-order valence-electron chi connectivity index (χ1n) is 12.6. The number of methoxy groups -OCH3 is 2. The first-order valence-corrected chi connectivity index (χ1v) is 12.6. The summed E-state index contributed by atoms with van der Waals surface area (Å²) in [4.78, 5) is 26.2. The molecule has 0 saturated carbocycles. The van der Waals surface area contributed by atoms with Crippen molar-refractivity contribution in [2.24, 2.45) is 10.2 Å². The quantitative estimate of drug-likeness (QED) is 0.174. The number of ether oxygens (including phenoxy) is 2. The van der Waals surface area contributed by atoms with Gasteiger partial charge in [0.1, 0.15) is 17.2 Å². The third-order valence-electron chi connectivity index (χ3n) is 6.32. The minimum absolute atomic E-state index is 0.0218. The fraction of sp³-hybridized carbons (Fsp3) is 0.0625. The number of anilines is 2. The van der Waals surface area contributed by atoms with Crippen molar-refractivity contribution in [3.63, 3.8) is 0 Å². The topological polar surface area (TPSA) is 122 Å². The van der Waals surface area contributed by atoms with E-state index in [9.17, 15) is 14.7 Å². The van der Waals surface area contributed by atoms with E-state index in [0.29, 0.717) is 44.9 Å². The van der Waals surface area contributed by atoms with Gasteiger partial charge in [0.05, 0.1) is 36.8 Å². The highest BCUT2D eigenvalue weighted by Crippen LogP contribution is 2.40. The Bertz CT molecular complexity index is 1780. The lowest BCUT2D eigenvalue weighted by Crippen LogP contribution is -2.13. The summed E-state index contributed by atoms with van der Waals surface area (Å²) in [5.41, 5.74) is 1.87. The second kappa shape index (κ2) is 12.0. The molecule has 0 aliphatic heterocycles. The summed E-state index contributed by atoms with van der Waals surface area (Å²) in [5.74, 6) is -0.201. The lowest BCUT2D eigenvalue weighted by atomic mass is 10.0. The van der Waals surface area contributed by atoms with E-state index in [2.05, 4.69) is 20.9 Å². The number of nitrogens with one attached hydrogen (secondary N) is 2. The van der Waals surface area contributed by atoms with Crippen LogP contribution in [0.15, 0.2) is 113 Å². The largest absolute Gasteiger partial charge is 0.505 e. The van der Waals surface area contributed by atoms with Crippen LogP contribution in [0, 0.1) is 0 Å². The van der Waals surface area contributed by atoms with Crippen LogP contribution in [0.4, 0.5) is 22.7 Å². The van der Waals surface area contributed by atoms with Crippen molar-refractivity contribution < 1.29 is 24.2 Å². The van der Waals surface area contributed by atoms with Gasteiger partial charge in [-0.25, -0.2) is 0 Å². The summed E-state index contributed by atoms with van der Waals surface area (Å²) in [6.45, 7) is 0. The molecule has 0 atom stereocenters. The molecular formula is C32H26N4O5. The molecular weight excluding hydrogens is 520 g/mol. The van der Waals surface area contributed by atoms with Gasteiger partial charge in [0.2, 0.25) is 0 Å². The Labute approximate surface area is 236 Å². The third kappa shape index (κ3) is 5.84. The lowest BCUT2D eigenvalue weighted by molar-refractivity contribution is 0.101. The number of nitrogens with zero attached hydrogens (tertiary/aromatic N) is 2. The predicted octanol–water partition coefficient (Wildman–Crippen LogP) is 7.48. The number of phenolic OH excluding ortho intramolecular Hbond substituents is 1. The molecule has 0 heterocycles. The number of hydrogen-bond donors (Lipinski definition) is 3. The number of hydrogen-bond acceptors (Lipinski definition) is 7. The number of rotatable bonds is 8. The van der Waals surface area contributed by atoms with Crippen molar-refractivity contribution in [1.82, 2.24) is 0 Å². The molecule has 0 fully saturated rings. The van der Waals surface area contributed by atoms with Gasteiger partial charge < -0.3 is 25.2 Å². The molecule has 0 radical (unpaired) electrons. The van der Waals surface area contributed by atoms with E-state index in [0.717, 1.165) is 0 Å². The number of carbonyl (C=O) groups excluding carboxylic acids is 2. The van der Waals surface area contributed by atoms with Gasteiger partial charge in [0.25, 0.3) is 11.8 Å². The van der Waals surface area contributed by atoms with Gasteiger partial charge >= 0.3 is 0 Å². The number of carbonyl (C=O) groups is 2. The molecule has 3 N–H and O–H groups in total. The van der Waals surface area contributed by atoms with E-state index in [-0.39, 0.29) is 22.9 Å². The number of phenols is 1. The van der Waals surface area contributed by atoms with Gasteiger partial charge in [0.15, 0.2) is 5.75 Å². The van der Waals surface area contributed by atoms with Gasteiger partial charge in [-0.05, 0) is 53.9 Å². The summed E-state index contributed by atoms with van der Waals surface area (Å²) in [6.07, 6.45) is 0. The van der Waals surface area contributed by atoms with Crippen LogP contribution in [0.3, 0.4) is 0 Å². The zero-order valence-corrected chi connectivity index (χ0v) is 22.3. The van der Waals surface area contributed by atoms with Crippen molar-refractivity contribution in [3.05, 3.63) is 114 Å². The highest BCUT2D eigenvalue weighted by Gasteiger charge is 2.19. The smallest absolute Gasteiger partial charge is 0.259 e. The number of aromatic hydroxyl groups is 1. The monoisotopic (exact) mass is 546 g/mol. The molecule has 0 aliphatic rings. The number of amides is 2. The molecule has 2 amide bonds. The number of fused-ring (bicyclic) bond motifs is 1. The molecule has 0 aliphatic carbocycles.